The summed E-state index contributed by atoms with van der Waals surface area (Å²) in [5.74, 6) is 0. The van der Waals surface area contributed by atoms with Gasteiger partial charge in [-0.1, -0.05) is 119 Å². The molecule has 6 aromatic rings. The van der Waals surface area contributed by atoms with E-state index in [0.29, 0.717) is 0 Å². The van der Waals surface area contributed by atoms with Gasteiger partial charge in [-0.3, -0.25) is 0 Å². The molecule has 5 aromatic carbocycles. The van der Waals surface area contributed by atoms with Crippen LogP contribution >= 0.6 is 15.9 Å². The van der Waals surface area contributed by atoms with Crippen LogP contribution in [-0.4, -0.2) is 4.57 Å². The molecular weight excluding hydrogens is 538 g/mol. The molecule has 0 fully saturated rings. The Hall–Kier alpha value is -4.14. The maximum absolute atomic E-state index is 3.66. The van der Waals surface area contributed by atoms with Crippen molar-refractivity contribution in [2.45, 2.75) is 18.8 Å². The van der Waals surface area contributed by atoms with Crippen molar-refractivity contribution >= 4 is 43.4 Å². The van der Waals surface area contributed by atoms with Crippen molar-refractivity contribution in [2.24, 2.45) is 0 Å². The number of allylic oxidation sites excluding steroid dienone is 4. The minimum Gasteiger partial charge on any atom is -0.312 e. The third-order valence-electron chi connectivity index (χ3n) is 9.16. The van der Waals surface area contributed by atoms with Crippen molar-refractivity contribution in [2.75, 3.05) is 0 Å². The Morgan fingerprint density at radius 1 is 0.692 bits per heavy atom. The van der Waals surface area contributed by atoms with Crippen LogP contribution < -0.4 is 0 Å². The molecule has 3 aliphatic rings. The zero-order valence-corrected chi connectivity index (χ0v) is 23.1. The third-order valence-corrected chi connectivity index (χ3v) is 9.43. The summed E-state index contributed by atoms with van der Waals surface area (Å²) < 4.78 is 3.67. The van der Waals surface area contributed by atoms with E-state index in [4.69, 9.17) is 0 Å². The van der Waals surface area contributed by atoms with Gasteiger partial charge in [0.1, 0.15) is 0 Å². The van der Waals surface area contributed by atoms with E-state index in [0.717, 1.165) is 10.9 Å². The van der Waals surface area contributed by atoms with Gasteiger partial charge in [0.2, 0.25) is 0 Å². The lowest BCUT2D eigenvalue weighted by molar-refractivity contribution is 0.793. The molecule has 9 rings (SSSR count). The molecule has 184 valence electrons. The van der Waals surface area contributed by atoms with Crippen LogP contribution in [0.25, 0.3) is 49.8 Å². The Bertz CT molecular complexity index is 2070. The minimum atomic E-state index is -0.309. The van der Waals surface area contributed by atoms with Gasteiger partial charge in [0.25, 0.3) is 0 Å². The van der Waals surface area contributed by atoms with Crippen molar-refractivity contribution in [3.8, 4) is 22.3 Å². The van der Waals surface area contributed by atoms with Gasteiger partial charge in [-0.25, -0.2) is 0 Å². The Morgan fingerprint density at radius 3 is 2.13 bits per heavy atom. The number of aromatic nitrogens is 1. The number of nitrogens with zero attached hydrogens (tertiary/aromatic N) is 1. The van der Waals surface area contributed by atoms with Crippen molar-refractivity contribution in [3.05, 3.63) is 148 Å². The average Bonchev–Trinajstić information content (AvgIpc) is 3.53. The SMILES string of the molecule is CC(Br)=CC=C1Cc2cccc3c2-c2c(ccc4c5ccccc5n1c24)C31c2ccccc2-c2ccccc21. The summed E-state index contributed by atoms with van der Waals surface area (Å²) >= 11 is 3.66. The van der Waals surface area contributed by atoms with Gasteiger partial charge >= 0.3 is 0 Å². The summed E-state index contributed by atoms with van der Waals surface area (Å²) in [7, 11) is 0. The van der Waals surface area contributed by atoms with Gasteiger partial charge in [0.05, 0.1) is 16.4 Å². The van der Waals surface area contributed by atoms with Crippen molar-refractivity contribution in [1.29, 1.82) is 0 Å². The average molecular weight is 563 g/mol. The molecule has 2 heterocycles. The lowest BCUT2D eigenvalue weighted by Crippen LogP contribution is -2.26. The molecule has 1 aromatic heterocycles. The lowest BCUT2D eigenvalue weighted by atomic mass is 9.70. The first-order valence-electron chi connectivity index (χ1n) is 13.6. The summed E-state index contributed by atoms with van der Waals surface area (Å²) in [6.07, 6.45) is 5.36. The van der Waals surface area contributed by atoms with Crippen molar-refractivity contribution in [3.63, 3.8) is 0 Å². The Balaban J connectivity index is 1.54. The van der Waals surface area contributed by atoms with E-state index >= 15 is 0 Å². The number of hydrogen-bond donors (Lipinski definition) is 0. The lowest BCUT2D eigenvalue weighted by Gasteiger charge is -2.31. The monoisotopic (exact) mass is 561 g/mol. The minimum absolute atomic E-state index is 0.309. The molecular formula is C37H24BrN. The molecule has 0 bridgehead atoms. The molecule has 1 spiro atoms. The van der Waals surface area contributed by atoms with E-state index in [1.807, 2.05) is 0 Å². The van der Waals surface area contributed by atoms with Crippen molar-refractivity contribution < 1.29 is 0 Å². The molecule has 2 aliphatic carbocycles. The van der Waals surface area contributed by atoms with Crippen LogP contribution in [0.4, 0.5) is 0 Å². The molecule has 0 saturated heterocycles. The van der Waals surface area contributed by atoms with Crippen LogP contribution in [0.15, 0.2) is 120 Å². The van der Waals surface area contributed by atoms with Crippen LogP contribution in [0.3, 0.4) is 0 Å². The van der Waals surface area contributed by atoms with Gasteiger partial charge in [-0.15, -0.1) is 0 Å². The van der Waals surface area contributed by atoms with E-state index in [2.05, 4.69) is 143 Å². The molecule has 39 heavy (non-hydrogen) atoms. The van der Waals surface area contributed by atoms with E-state index in [1.54, 1.807) is 0 Å². The molecule has 0 radical (unpaired) electrons. The normalized spacial score (nSPS) is 16.8. The first-order chi connectivity index (χ1) is 19.2. The maximum atomic E-state index is 3.66. The van der Waals surface area contributed by atoms with Gasteiger partial charge in [-0.05, 0) is 68.1 Å². The maximum Gasteiger partial charge on any atom is 0.0726 e. The number of rotatable bonds is 1. The smallest absolute Gasteiger partial charge is 0.0726 e. The van der Waals surface area contributed by atoms with Crippen LogP contribution in [0.1, 0.15) is 34.7 Å². The van der Waals surface area contributed by atoms with Gasteiger partial charge in [-0.2, -0.15) is 0 Å². The highest BCUT2D eigenvalue weighted by Gasteiger charge is 2.53. The van der Waals surface area contributed by atoms with Crippen LogP contribution in [0.5, 0.6) is 0 Å². The second-order valence-electron chi connectivity index (χ2n) is 11.0. The standard InChI is InChI=1S/C37H24BrN/c1-22(38)17-18-24-21-23-9-8-15-31-34(23)35-32(20-19-28-27-12-4-7-16-33(27)39(24)36(28)35)37(31)29-13-5-2-10-25(29)26-11-3-6-14-30(26)37/h2-20H,21H2,1H3. The third kappa shape index (κ3) is 2.52. The summed E-state index contributed by atoms with van der Waals surface area (Å²) in [6.45, 7) is 2.09. The fraction of sp³-hybridized carbons (Fsp3) is 0.0811. The van der Waals surface area contributed by atoms with Crippen LogP contribution in [0.2, 0.25) is 0 Å². The van der Waals surface area contributed by atoms with E-state index in [-0.39, 0.29) is 5.41 Å². The predicted molar refractivity (Wildman–Crippen MR) is 166 cm³/mol. The largest absolute Gasteiger partial charge is 0.312 e. The fourth-order valence-electron chi connectivity index (χ4n) is 7.86. The zero-order valence-electron chi connectivity index (χ0n) is 21.5. The Kier molecular flexibility index (Phi) is 4.18. The number of para-hydroxylation sites is 1. The van der Waals surface area contributed by atoms with E-state index in [9.17, 15) is 0 Å². The number of halogens is 1. The van der Waals surface area contributed by atoms with Gasteiger partial charge in [0.15, 0.2) is 0 Å². The molecule has 0 unspecified atom stereocenters. The number of hydrogen-bond acceptors (Lipinski definition) is 0. The zero-order chi connectivity index (χ0) is 25.9. The fourth-order valence-corrected chi connectivity index (χ4v) is 7.99. The topological polar surface area (TPSA) is 4.93 Å². The van der Waals surface area contributed by atoms with Crippen LogP contribution in [0, 0.1) is 0 Å². The second kappa shape index (κ2) is 7.49. The highest BCUT2D eigenvalue weighted by molar-refractivity contribution is 9.11. The summed E-state index contributed by atoms with van der Waals surface area (Å²) in [6, 6.07) is 38.9. The molecule has 1 aliphatic heterocycles. The quantitative estimate of drug-likeness (QED) is 0.188. The highest BCUT2D eigenvalue weighted by atomic mass is 79.9. The Morgan fingerprint density at radius 2 is 1.36 bits per heavy atom. The summed E-state index contributed by atoms with van der Waals surface area (Å²) in [4.78, 5) is 0. The molecule has 1 nitrogen and oxygen atoms in total. The van der Waals surface area contributed by atoms with Crippen molar-refractivity contribution in [1.82, 2.24) is 4.57 Å². The van der Waals surface area contributed by atoms with E-state index in [1.165, 1.54) is 77.6 Å². The van der Waals surface area contributed by atoms with Gasteiger partial charge in [0, 0.05) is 28.5 Å². The molecule has 2 heteroatoms. The van der Waals surface area contributed by atoms with E-state index < -0.39 is 0 Å². The van der Waals surface area contributed by atoms with Crippen LogP contribution in [-0.2, 0) is 11.8 Å². The molecule has 0 saturated carbocycles. The predicted octanol–water partition coefficient (Wildman–Crippen LogP) is 9.83. The second-order valence-corrected chi connectivity index (χ2v) is 12.3. The first kappa shape index (κ1) is 21.8. The summed E-state index contributed by atoms with van der Waals surface area (Å²) in [5.41, 5.74) is 16.2. The highest BCUT2D eigenvalue weighted by Crippen LogP contribution is 2.65. The first-order valence-corrected chi connectivity index (χ1v) is 14.4. The van der Waals surface area contributed by atoms with Gasteiger partial charge < -0.3 is 4.57 Å². The number of benzene rings is 5. The number of fused-ring (bicyclic) bond motifs is 10. The molecule has 0 N–H and O–H groups in total. The molecule has 0 amide bonds. The Labute approximate surface area is 235 Å². The summed E-state index contributed by atoms with van der Waals surface area (Å²) in [5, 5.41) is 2.64. The molecule has 0 atom stereocenters.